The summed E-state index contributed by atoms with van der Waals surface area (Å²) in [5.74, 6) is 1.07. The molecule has 224 valence electrons. The van der Waals surface area contributed by atoms with Crippen LogP contribution in [0, 0.1) is 0 Å². The van der Waals surface area contributed by atoms with E-state index in [1.165, 1.54) is 59.8 Å². The van der Waals surface area contributed by atoms with Crippen LogP contribution in [0.4, 0.5) is 0 Å². The van der Waals surface area contributed by atoms with Gasteiger partial charge in [0.25, 0.3) is 0 Å². The fourth-order valence-corrected chi connectivity index (χ4v) is 8.42. The lowest BCUT2D eigenvalue weighted by Crippen LogP contribution is -2.32. The highest BCUT2D eigenvalue weighted by Gasteiger charge is 2.36. The molecule has 0 radical (unpaired) electrons. The molecular formula is C46H28O2. The molecular weight excluding hydrogens is 585 g/mol. The molecule has 8 aromatic carbocycles. The Morgan fingerprint density at radius 1 is 0.417 bits per heavy atom. The first kappa shape index (κ1) is 26.0. The zero-order chi connectivity index (χ0) is 31.3. The van der Waals surface area contributed by atoms with E-state index in [0.29, 0.717) is 0 Å². The number of ether oxygens (including phenoxy) is 1. The fraction of sp³-hybridized carbons (Fsp3) is 0.0435. The topological polar surface area (TPSA) is 22.4 Å². The van der Waals surface area contributed by atoms with E-state index >= 15 is 0 Å². The molecule has 0 saturated carbocycles. The van der Waals surface area contributed by atoms with Gasteiger partial charge in [0.05, 0.1) is 0 Å². The molecule has 2 aliphatic rings. The Morgan fingerprint density at radius 3 is 1.65 bits per heavy atom. The van der Waals surface area contributed by atoms with E-state index in [9.17, 15) is 0 Å². The van der Waals surface area contributed by atoms with E-state index in [1.54, 1.807) is 0 Å². The Morgan fingerprint density at radius 2 is 0.958 bits per heavy atom. The maximum Gasteiger partial charge on any atom is 0.143 e. The van der Waals surface area contributed by atoms with Gasteiger partial charge in [0.1, 0.15) is 22.9 Å². The summed E-state index contributed by atoms with van der Waals surface area (Å²) in [6, 6.07) is 52.5. The SMILES string of the molecule is C1=c2oc3c(-c4cc5ccccc5c5ccccc45)cccc3c2=CC2c3cccc(-c4cc5ccccc5c5ccccc45)c3OC12. The van der Waals surface area contributed by atoms with Crippen molar-refractivity contribution < 1.29 is 9.15 Å². The second-order valence-corrected chi connectivity index (χ2v) is 13.1. The molecule has 11 rings (SSSR count). The number of furan rings is 1. The summed E-state index contributed by atoms with van der Waals surface area (Å²) in [7, 11) is 0. The van der Waals surface area contributed by atoms with E-state index < -0.39 is 0 Å². The van der Waals surface area contributed by atoms with Crippen molar-refractivity contribution in [2.24, 2.45) is 0 Å². The Hall–Kier alpha value is -6.12. The molecule has 0 spiro atoms. The summed E-state index contributed by atoms with van der Waals surface area (Å²) in [5.41, 5.74) is 7.67. The van der Waals surface area contributed by atoms with Crippen LogP contribution in [-0.2, 0) is 0 Å². The number of hydrogen-bond donors (Lipinski definition) is 0. The largest absolute Gasteiger partial charge is 0.484 e. The van der Waals surface area contributed by atoms with E-state index in [1.807, 2.05) is 0 Å². The van der Waals surface area contributed by atoms with Gasteiger partial charge in [-0.05, 0) is 66.3 Å². The number of fused-ring (bicyclic) bond motifs is 12. The highest BCUT2D eigenvalue weighted by atomic mass is 16.5. The third kappa shape index (κ3) is 3.57. The summed E-state index contributed by atoms with van der Waals surface area (Å²) in [4.78, 5) is 0. The third-order valence-corrected chi connectivity index (χ3v) is 10.6. The number of para-hydroxylation sites is 2. The molecule has 2 heterocycles. The van der Waals surface area contributed by atoms with Crippen molar-refractivity contribution >= 4 is 66.2 Å². The second-order valence-electron chi connectivity index (χ2n) is 13.1. The minimum atomic E-state index is -0.133. The maximum absolute atomic E-state index is 6.88. The average Bonchev–Trinajstić information content (AvgIpc) is 3.70. The fourth-order valence-electron chi connectivity index (χ4n) is 8.42. The molecule has 0 bridgehead atoms. The van der Waals surface area contributed by atoms with Crippen molar-refractivity contribution in [2.45, 2.75) is 12.0 Å². The standard InChI is InChI=1S/C46H28O2/c1-3-13-29-27(11-1)23-39(33-17-7-5-15-31(29)33)35-19-9-21-37-41-25-42-38-22-10-20-36(46(38)48-44(42)26-43(41)47-45(35)37)40-24-28-12-2-4-14-30(28)32-16-6-8-18-34(32)40/h1-26,41,43H. The van der Waals surface area contributed by atoms with E-state index in [-0.39, 0.29) is 12.0 Å². The second kappa shape index (κ2) is 9.70. The number of rotatable bonds is 2. The van der Waals surface area contributed by atoms with Crippen LogP contribution in [0.1, 0.15) is 11.5 Å². The van der Waals surface area contributed by atoms with Crippen LogP contribution in [0.2, 0.25) is 0 Å². The smallest absolute Gasteiger partial charge is 0.143 e. The lowest BCUT2D eigenvalue weighted by molar-refractivity contribution is 0.286. The molecule has 0 N–H and O–H groups in total. The van der Waals surface area contributed by atoms with Gasteiger partial charge < -0.3 is 9.15 Å². The van der Waals surface area contributed by atoms with Crippen molar-refractivity contribution in [3.05, 3.63) is 162 Å². The van der Waals surface area contributed by atoms with Crippen LogP contribution in [0.15, 0.2) is 150 Å². The molecule has 0 fully saturated rings. The van der Waals surface area contributed by atoms with Crippen molar-refractivity contribution in [3.63, 3.8) is 0 Å². The molecule has 1 aliphatic heterocycles. The average molecular weight is 613 g/mol. The zero-order valence-corrected chi connectivity index (χ0v) is 26.0. The summed E-state index contributed by atoms with van der Waals surface area (Å²) in [6.45, 7) is 0. The van der Waals surface area contributed by atoms with Gasteiger partial charge in [-0.1, -0.05) is 140 Å². The van der Waals surface area contributed by atoms with Crippen LogP contribution in [0.25, 0.3) is 88.5 Å². The summed E-state index contributed by atoms with van der Waals surface area (Å²) >= 11 is 0. The third-order valence-electron chi connectivity index (χ3n) is 10.6. The Bertz CT molecular complexity index is 2950. The highest BCUT2D eigenvalue weighted by Crippen LogP contribution is 2.48. The Kier molecular flexibility index (Phi) is 5.25. The number of hydrogen-bond acceptors (Lipinski definition) is 2. The molecule has 1 aliphatic carbocycles. The lowest BCUT2D eigenvalue weighted by atomic mass is 9.88. The highest BCUT2D eigenvalue weighted by molar-refractivity contribution is 6.16. The van der Waals surface area contributed by atoms with Gasteiger partial charge in [0.2, 0.25) is 0 Å². The summed E-state index contributed by atoms with van der Waals surface area (Å²) in [5, 5.41) is 12.3. The van der Waals surface area contributed by atoms with Crippen molar-refractivity contribution in [1.29, 1.82) is 0 Å². The maximum atomic E-state index is 6.88. The van der Waals surface area contributed by atoms with E-state index in [0.717, 1.165) is 38.5 Å². The predicted molar refractivity (Wildman–Crippen MR) is 199 cm³/mol. The minimum Gasteiger partial charge on any atom is -0.484 e. The first-order valence-electron chi connectivity index (χ1n) is 16.7. The van der Waals surface area contributed by atoms with Crippen molar-refractivity contribution in [3.8, 4) is 28.0 Å². The van der Waals surface area contributed by atoms with Gasteiger partial charge in [0.15, 0.2) is 0 Å². The minimum absolute atomic E-state index is 0.102. The van der Waals surface area contributed by atoms with Crippen LogP contribution in [0.5, 0.6) is 5.75 Å². The molecule has 2 nitrogen and oxygen atoms in total. The van der Waals surface area contributed by atoms with Gasteiger partial charge in [0, 0.05) is 39.3 Å². The summed E-state index contributed by atoms with van der Waals surface area (Å²) < 4.78 is 13.7. The first-order chi connectivity index (χ1) is 23.8. The predicted octanol–water partition coefficient (Wildman–Crippen LogP) is 10.5. The lowest BCUT2D eigenvalue weighted by Gasteiger charge is -2.15. The Labute approximate surface area is 276 Å². The van der Waals surface area contributed by atoms with Crippen LogP contribution in [-0.4, -0.2) is 6.10 Å². The number of benzene rings is 8. The zero-order valence-electron chi connectivity index (χ0n) is 26.0. The van der Waals surface area contributed by atoms with Gasteiger partial charge in [-0.25, -0.2) is 0 Å². The quantitative estimate of drug-likeness (QED) is 0.181. The molecule has 0 amide bonds. The summed E-state index contributed by atoms with van der Waals surface area (Å²) in [6.07, 6.45) is 4.44. The van der Waals surface area contributed by atoms with Crippen LogP contribution in [0.3, 0.4) is 0 Å². The van der Waals surface area contributed by atoms with Crippen LogP contribution >= 0.6 is 0 Å². The van der Waals surface area contributed by atoms with Gasteiger partial charge in [-0.3, -0.25) is 0 Å². The van der Waals surface area contributed by atoms with Crippen molar-refractivity contribution in [1.82, 2.24) is 0 Å². The Balaban J connectivity index is 1.09. The van der Waals surface area contributed by atoms with Gasteiger partial charge >= 0.3 is 0 Å². The normalized spacial score (nSPS) is 16.4. The van der Waals surface area contributed by atoms with Gasteiger partial charge in [-0.2, -0.15) is 0 Å². The molecule has 2 unspecified atom stereocenters. The molecule has 1 aromatic heterocycles. The first-order valence-corrected chi connectivity index (χ1v) is 16.7. The van der Waals surface area contributed by atoms with E-state index in [2.05, 4.69) is 158 Å². The van der Waals surface area contributed by atoms with E-state index in [4.69, 9.17) is 9.15 Å². The molecule has 2 heteroatoms. The van der Waals surface area contributed by atoms with Crippen LogP contribution < -0.4 is 15.4 Å². The molecule has 9 aromatic rings. The molecule has 48 heavy (non-hydrogen) atoms. The monoisotopic (exact) mass is 612 g/mol. The molecule has 2 atom stereocenters. The van der Waals surface area contributed by atoms with Crippen molar-refractivity contribution in [2.75, 3.05) is 0 Å². The van der Waals surface area contributed by atoms with Gasteiger partial charge in [-0.15, -0.1) is 0 Å². The molecule has 0 saturated heterocycles.